The summed E-state index contributed by atoms with van der Waals surface area (Å²) in [7, 11) is 0. The Morgan fingerprint density at radius 1 is 0.963 bits per heavy atom. The van der Waals surface area contributed by atoms with Crippen LogP contribution < -0.4 is 16.0 Å². The number of H-pyrrole nitrogens is 1. The van der Waals surface area contributed by atoms with Crippen molar-refractivity contribution in [2.75, 3.05) is 0 Å². The largest absolute Gasteiger partial charge is 0.454 e. The first-order chi connectivity index (χ1) is 12.7. The van der Waals surface area contributed by atoms with Gasteiger partial charge in [-0.1, -0.05) is 29.3 Å². The van der Waals surface area contributed by atoms with Crippen LogP contribution in [0.1, 0.15) is 22.3 Å². The molecule has 2 aromatic carbocycles. The van der Waals surface area contributed by atoms with E-state index in [1.165, 1.54) is 10.8 Å². The average molecular weight is 405 g/mol. The Morgan fingerprint density at radius 2 is 1.63 bits per heavy atom. The molecule has 5 nitrogen and oxygen atoms in total. The zero-order valence-corrected chi connectivity index (χ0v) is 16.6. The van der Waals surface area contributed by atoms with Crippen LogP contribution in [0, 0.1) is 20.8 Å². The highest BCUT2D eigenvalue weighted by Gasteiger charge is 2.12. The molecular formula is C20H18Cl2N2O3. The lowest BCUT2D eigenvalue weighted by atomic mass is 10.1. The van der Waals surface area contributed by atoms with Gasteiger partial charge in [0.2, 0.25) is 0 Å². The summed E-state index contributed by atoms with van der Waals surface area (Å²) in [4.78, 5) is 25.7. The fourth-order valence-electron chi connectivity index (χ4n) is 2.63. The third-order valence-electron chi connectivity index (χ3n) is 4.30. The fraction of sp³-hybridized carbons (Fsp3) is 0.200. The second-order valence-electron chi connectivity index (χ2n) is 6.44. The van der Waals surface area contributed by atoms with Crippen LogP contribution >= 0.6 is 23.2 Å². The monoisotopic (exact) mass is 404 g/mol. The molecule has 3 aromatic rings. The molecule has 0 radical (unpaired) electrons. The number of aryl methyl sites for hydroxylation is 3. The maximum atomic E-state index is 12.0. The Hall–Kier alpha value is -2.50. The number of ether oxygens (including phenoxy) is 1. The van der Waals surface area contributed by atoms with Crippen LogP contribution in [0.15, 0.2) is 46.1 Å². The summed E-state index contributed by atoms with van der Waals surface area (Å²) in [6, 6.07) is 9.11. The molecule has 0 atom stereocenters. The van der Waals surface area contributed by atoms with Crippen LogP contribution in [0.2, 0.25) is 10.0 Å². The lowest BCUT2D eigenvalue weighted by molar-refractivity contribution is 0.482. The predicted octanol–water partition coefficient (Wildman–Crippen LogP) is 4.61. The van der Waals surface area contributed by atoms with E-state index in [9.17, 15) is 9.59 Å². The molecule has 140 valence electrons. The van der Waals surface area contributed by atoms with Crippen LogP contribution in [0.25, 0.3) is 0 Å². The van der Waals surface area contributed by atoms with Gasteiger partial charge in [0.25, 0.3) is 5.56 Å². The Morgan fingerprint density at radius 3 is 2.26 bits per heavy atom. The maximum absolute atomic E-state index is 12.0. The second kappa shape index (κ2) is 7.62. The van der Waals surface area contributed by atoms with Crippen molar-refractivity contribution in [3.8, 4) is 11.5 Å². The van der Waals surface area contributed by atoms with E-state index in [1.54, 1.807) is 19.1 Å². The summed E-state index contributed by atoms with van der Waals surface area (Å²) < 4.78 is 7.25. The minimum Gasteiger partial charge on any atom is -0.454 e. The van der Waals surface area contributed by atoms with Gasteiger partial charge in [0.1, 0.15) is 5.75 Å². The van der Waals surface area contributed by atoms with Crippen molar-refractivity contribution in [2.24, 2.45) is 0 Å². The number of aromatic amines is 1. The zero-order valence-electron chi connectivity index (χ0n) is 15.1. The van der Waals surface area contributed by atoms with Gasteiger partial charge in [0, 0.05) is 11.8 Å². The third-order valence-corrected chi connectivity index (χ3v) is 4.86. The van der Waals surface area contributed by atoms with Crippen LogP contribution in [0.4, 0.5) is 0 Å². The normalized spacial score (nSPS) is 10.9. The number of nitrogens with one attached hydrogen (secondary N) is 1. The Kier molecular flexibility index (Phi) is 5.44. The number of nitrogens with zero attached hydrogens (tertiary/aromatic N) is 1. The van der Waals surface area contributed by atoms with Crippen LogP contribution in [-0.2, 0) is 6.54 Å². The van der Waals surface area contributed by atoms with Gasteiger partial charge < -0.3 is 4.74 Å². The maximum Gasteiger partial charge on any atom is 0.328 e. The molecule has 27 heavy (non-hydrogen) atoms. The van der Waals surface area contributed by atoms with Gasteiger partial charge in [-0.2, -0.15) is 0 Å². The van der Waals surface area contributed by atoms with E-state index in [4.69, 9.17) is 27.9 Å². The van der Waals surface area contributed by atoms with Crippen molar-refractivity contribution < 1.29 is 4.74 Å². The second-order valence-corrected chi connectivity index (χ2v) is 7.25. The van der Waals surface area contributed by atoms with E-state index in [0.717, 1.165) is 11.1 Å². The number of rotatable bonds is 4. The van der Waals surface area contributed by atoms with Crippen molar-refractivity contribution in [3.05, 3.63) is 89.7 Å². The number of halogens is 2. The first-order valence-electron chi connectivity index (χ1n) is 8.28. The first kappa shape index (κ1) is 19.3. The van der Waals surface area contributed by atoms with Gasteiger partial charge in [-0.05, 0) is 61.7 Å². The minimum absolute atomic E-state index is 0.222. The summed E-state index contributed by atoms with van der Waals surface area (Å²) in [5.41, 5.74) is 2.53. The average Bonchev–Trinajstić information content (AvgIpc) is 2.59. The molecule has 0 aliphatic rings. The van der Waals surface area contributed by atoms with E-state index < -0.39 is 11.2 Å². The van der Waals surface area contributed by atoms with Crippen LogP contribution in [0.5, 0.6) is 11.5 Å². The topological polar surface area (TPSA) is 64.1 Å². The molecule has 7 heteroatoms. The molecular weight excluding hydrogens is 387 g/mol. The third kappa shape index (κ3) is 4.26. The van der Waals surface area contributed by atoms with E-state index in [1.807, 2.05) is 32.0 Å². The van der Waals surface area contributed by atoms with Crippen molar-refractivity contribution in [1.82, 2.24) is 9.55 Å². The predicted molar refractivity (Wildman–Crippen MR) is 108 cm³/mol. The Labute approximate surface area is 166 Å². The van der Waals surface area contributed by atoms with Gasteiger partial charge in [-0.3, -0.25) is 14.3 Å². The van der Waals surface area contributed by atoms with Crippen LogP contribution in [0.3, 0.4) is 0 Å². The lowest BCUT2D eigenvalue weighted by Crippen LogP contribution is -2.31. The highest BCUT2D eigenvalue weighted by atomic mass is 35.5. The number of hydrogen-bond donors (Lipinski definition) is 1. The summed E-state index contributed by atoms with van der Waals surface area (Å²) in [5, 5.41) is 0.676. The van der Waals surface area contributed by atoms with Crippen molar-refractivity contribution in [2.45, 2.75) is 27.3 Å². The van der Waals surface area contributed by atoms with E-state index in [0.29, 0.717) is 32.7 Å². The molecule has 0 saturated heterocycles. The standard InChI is InChI=1S/C20H18Cl2N2O3/c1-11-4-5-15(6-12(11)2)27-18-16(21)7-14(8-17(18)22)10-24-9-13(3)19(25)23-20(24)26/h4-9H,10H2,1-3H3,(H,23,25,26). The number of aromatic nitrogens is 2. The molecule has 1 heterocycles. The highest BCUT2D eigenvalue weighted by molar-refractivity contribution is 6.37. The first-order valence-corrected chi connectivity index (χ1v) is 9.03. The number of benzene rings is 2. The Bertz CT molecular complexity index is 1110. The zero-order chi connectivity index (χ0) is 19.7. The summed E-state index contributed by atoms with van der Waals surface area (Å²) >= 11 is 12.7. The molecule has 1 aromatic heterocycles. The van der Waals surface area contributed by atoms with E-state index in [-0.39, 0.29) is 6.54 Å². The smallest absolute Gasteiger partial charge is 0.328 e. The molecule has 0 bridgehead atoms. The minimum atomic E-state index is -0.492. The van der Waals surface area contributed by atoms with Gasteiger partial charge >= 0.3 is 5.69 Å². The number of hydrogen-bond acceptors (Lipinski definition) is 3. The van der Waals surface area contributed by atoms with Crippen molar-refractivity contribution >= 4 is 23.2 Å². The molecule has 0 aliphatic heterocycles. The Balaban J connectivity index is 1.91. The van der Waals surface area contributed by atoms with Gasteiger partial charge in [0.15, 0.2) is 5.75 Å². The molecule has 0 aliphatic carbocycles. The van der Waals surface area contributed by atoms with Gasteiger partial charge in [0.05, 0.1) is 16.6 Å². The van der Waals surface area contributed by atoms with E-state index >= 15 is 0 Å². The molecule has 0 saturated carbocycles. The molecule has 1 N–H and O–H groups in total. The van der Waals surface area contributed by atoms with Crippen LogP contribution in [-0.4, -0.2) is 9.55 Å². The van der Waals surface area contributed by atoms with Gasteiger partial charge in [-0.15, -0.1) is 0 Å². The molecule has 0 fully saturated rings. The SMILES string of the molecule is Cc1ccc(Oc2c(Cl)cc(Cn3cc(C)c(=O)[nH]c3=O)cc2Cl)cc1C. The fourth-order valence-corrected chi connectivity index (χ4v) is 3.24. The van der Waals surface area contributed by atoms with Gasteiger partial charge in [-0.25, -0.2) is 4.79 Å². The lowest BCUT2D eigenvalue weighted by Gasteiger charge is -2.13. The van der Waals surface area contributed by atoms with Crippen molar-refractivity contribution in [1.29, 1.82) is 0 Å². The molecule has 0 unspecified atom stereocenters. The molecule has 3 rings (SSSR count). The molecule has 0 amide bonds. The highest BCUT2D eigenvalue weighted by Crippen LogP contribution is 2.37. The molecule has 0 spiro atoms. The van der Waals surface area contributed by atoms with Crippen molar-refractivity contribution in [3.63, 3.8) is 0 Å². The summed E-state index contributed by atoms with van der Waals surface area (Å²) in [6.45, 7) is 5.88. The summed E-state index contributed by atoms with van der Waals surface area (Å²) in [6.07, 6.45) is 1.50. The summed E-state index contributed by atoms with van der Waals surface area (Å²) in [5.74, 6) is 0.998. The van der Waals surface area contributed by atoms with E-state index in [2.05, 4.69) is 4.98 Å². The quantitative estimate of drug-likeness (QED) is 0.690.